The third kappa shape index (κ3) is 8.47. The molecule has 3 aromatic rings. The third-order valence-corrected chi connectivity index (χ3v) is 5.22. The van der Waals surface area contributed by atoms with Crippen molar-refractivity contribution in [3.05, 3.63) is 108 Å². The lowest BCUT2D eigenvalue weighted by atomic mass is 10.1. The summed E-state index contributed by atoms with van der Waals surface area (Å²) in [5.41, 5.74) is 2.59. The summed E-state index contributed by atoms with van der Waals surface area (Å²) in [4.78, 5) is 43.3. The van der Waals surface area contributed by atoms with E-state index in [0.29, 0.717) is 25.9 Å². The van der Waals surface area contributed by atoms with Crippen LogP contribution in [0.2, 0.25) is 0 Å². The maximum atomic E-state index is 13.0. The van der Waals surface area contributed by atoms with Crippen LogP contribution in [-0.2, 0) is 27.2 Å². The van der Waals surface area contributed by atoms with Crippen LogP contribution in [-0.4, -0.2) is 40.7 Å². The Kier molecular flexibility index (Phi) is 9.74. The minimum Gasteiger partial charge on any atom is -0.353 e. The van der Waals surface area contributed by atoms with Crippen LogP contribution in [0.4, 0.5) is 0 Å². The molecule has 0 saturated carbocycles. The number of hydrogen-bond acceptors (Lipinski definition) is 4. The number of rotatable bonds is 11. The summed E-state index contributed by atoms with van der Waals surface area (Å²) in [6.45, 7) is 0.780. The zero-order chi connectivity index (χ0) is 24.0. The van der Waals surface area contributed by atoms with Crippen LogP contribution < -0.4 is 5.32 Å². The molecule has 0 atom stereocenters. The molecule has 0 aliphatic heterocycles. The Labute approximate surface area is 200 Å². The number of hydrogen-bond donors (Lipinski definition) is 1. The van der Waals surface area contributed by atoms with E-state index >= 15 is 0 Å². The molecule has 1 aromatic heterocycles. The first-order valence-corrected chi connectivity index (χ1v) is 11.4. The van der Waals surface area contributed by atoms with Crippen LogP contribution in [0.5, 0.6) is 0 Å². The van der Waals surface area contributed by atoms with Gasteiger partial charge in [-0.2, -0.15) is 0 Å². The molecule has 0 aliphatic rings. The zero-order valence-corrected chi connectivity index (χ0v) is 19.1. The first-order chi connectivity index (χ1) is 16.6. The standard InChI is InChI=1S/C28H29N3O3/c32-26(16-15-25-14-9-17-29-22-25)30-18-7-8-19-31(27(33)20-23-10-3-1-4-11-23)28(34)21-24-12-5-2-6-13-24/h1-6,9-17,22H,7-8,18-21H2,(H,30,32)/b16-15-. The Morgan fingerprint density at radius 2 is 1.41 bits per heavy atom. The number of amides is 3. The fraction of sp³-hybridized carbons (Fsp3) is 0.214. The van der Waals surface area contributed by atoms with E-state index in [9.17, 15) is 14.4 Å². The van der Waals surface area contributed by atoms with E-state index in [4.69, 9.17) is 0 Å². The summed E-state index contributed by atoms with van der Waals surface area (Å²) in [5.74, 6) is -0.618. The van der Waals surface area contributed by atoms with E-state index in [1.165, 1.54) is 11.0 Å². The van der Waals surface area contributed by atoms with Crippen LogP contribution in [0.3, 0.4) is 0 Å². The Balaban J connectivity index is 1.50. The molecular formula is C28H29N3O3. The number of nitrogens with zero attached hydrogens (tertiary/aromatic N) is 2. The van der Waals surface area contributed by atoms with Crippen molar-refractivity contribution in [2.75, 3.05) is 13.1 Å². The van der Waals surface area contributed by atoms with Gasteiger partial charge in [0.1, 0.15) is 0 Å². The zero-order valence-electron chi connectivity index (χ0n) is 19.1. The molecule has 0 bridgehead atoms. The van der Waals surface area contributed by atoms with Gasteiger partial charge >= 0.3 is 0 Å². The summed E-state index contributed by atoms with van der Waals surface area (Å²) in [7, 11) is 0. The van der Waals surface area contributed by atoms with E-state index in [1.54, 1.807) is 18.5 Å². The number of nitrogens with one attached hydrogen (secondary N) is 1. The third-order valence-electron chi connectivity index (χ3n) is 5.22. The summed E-state index contributed by atoms with van der Waals surface area (Å²) in [6, 6.07) is 22.5. The van der Waals surface area contributed by atoms with Gasteiger partial charge < -0.3 is 5.32 Å². The molecule has 0 unspecified atom stereocenters. The highest BCUT2D eigenvalue weighted by Crippen LogP contribution is 2.09. The lowest BCUT2D eigenvalue weighted by molar-refractivity contribution is -0.144. The topological polar surface area (TPSA) is 79.4 Å². The van der Waals surface area contributed by atoms with E-state index in [0.717, 1.165) is 16.7 Å². The number of pyridine rings is 1. The Bertz CT molecular complexity index is 1030. The van der Waals surface area contributed by atoms with Gasteiger partial charge in [-0.1, -0.05) is 66.7 Å². The van der Waals surface area contributed by atoms with Gasteiger partial charge in [0.15, 0.2) is 0 Å². The average Bonchev–Trinajstić information content (AvgIpc) is 2.86. The number of carbonyl (C=O) groups is 3. The number of benzene rings is 2. The average molecular weight is 456 g/mol. The lowest BCUT2D eigenvalue weighted by Crippen LogP contribution is -2.40. The molecule has 34 heavy (non-hydrogen) atoms. The monoisotopic (exact) mass is 455 g/mol. The molecule has 0 spiro atoms. The van der Waals surface area contributed by atoms with Gasteiger partial charge in [-0.3, -0.25) is 24.3 Å². The van der Waals surface area contributed by atoms with Crippen LogP contribution in [0.25, 0.3) is 6.08 Å². The van der Waals surface area contributed by atoms with E-state index in [-0.39, 0.29) is 30.6 Å². The first kappa shape index (κ1) is 24.6. The molecular weight excluding hydrogens is 426 g/mol. The SMILES string of the molecule is O=C(/C=C\c1cccnc1)NCCCCN(C(=O)Cc1ccccc1)C(=O)Cc1ccccc1. The van der Waals surface area contributed by atoms with E-state index < -0.39 is 0 Å². The van der Waals surface area contributed by atoms with Gasteiger partial charge in [-0.25, -0.2) is 0 Å². The first-order valence-electron chi connectivity index (χ1n) is 11.4. The molecule has 3 amide bonds. The number of unbranched alkanes of at least 4 members (excludes halogenated alkanes) is 1. The molecule has 0 radical (unpaired) electrons. The van der Waals surface area contributed by atoms with E-state index in [1.807, 2.05) is 72.8 Å². The molecule has 2 aromatic carbocycles. The second-order valence-corrected chi connectivity index (χ2v) is 7.88. The van der Waals surface area contributed by atoms with Gasteiger partial charge in [-0.05, 0) is 41.7 Å². The van der Waals surface area contributed by atoms with Gasteiger partial charge in [0.05, 0.1) is 12.8 Å². The minimum absolute atomic E-state index is 0.178. The molecule has 6 heteroatoms. The van der Waals surface area contributed by atoms with Crippen LogP contribution in [0.15, 0.2) is 91.3 Å². The summed E-state index contributed by atoms with van der Waals surface area (Å²) in [6.07, 6.45) is 8.14. The lowest BCUT2D eigenvalue weighted by Gasteiger charge is -2.21. The molecule has 3 rings (SSSR count). The maximum absolute atomic E-state index is 13.0. The van der Waals surface area contributed by atoms with Crippen molar-refractivity contribution < 1.29 is 14.4 Å². The summed E-state index contributed by atoms with van der Waals surface area (Å²) >= 11 is 0. The molecule has 1 heterocycles. The van der Waals surface area contributed by atoms with Gasteiger partial charge in [0.2, 0.25) is 17.7 Å². The quantitative estimate of drug-likeness (QED) is 0.352. The molecule has 0 saturated heterocycles. The predicted molar refractivity (Wildman–Crippen MR) is 133 cm³/mol. The van der Waals surface area contributed by atoms with Gasteiger partial charge in [-0.15, -0.1) is 0 Å². The Morgan fingerprint density at radius 1 is 0.794 bits per heavy atom. The minimum atomic E-state index is -0.212. The Hall–Kier alpha value is -4.06. The fourth-order valence-corrected chi connectivity index (χ4v) is 3.43. The van der Waals surface area contributed by atoms with Crippen molar-refractivity contribution in [1.29, 1.82) is 0 Å². The van der Waals surface area contributed by atoms with Crippen molar-refractivity contribution in [3.8, 4) is 0 Å². The number of imide groups is 1. The van der Waals surface area contributed by atoms with E-state index in [2.05, 4.69) is 10.3 Å². The van der Waals surface area contributed by atoms with Crippen LogP contribution >= 0.6 is 0 Å². The van der Waals surface area contributed by atoms with Crippen molar-refractivity contribution in [3.63, 3.8) is 0 Å². The van der Waals surface area contributed by atoms with Crippen LogP contribution in [0, 0.1) is 0 Å². The van der Waals surface area contributed by atoms with Crippen LogP contribution in [0.1, 0.15) is 29.5 Å². The molecule has 0 aliphatic carbocycles. The van der Waals surface area contributed by atoms with Crippen molar-refractivity contribution >= 4 is 23.8 Å². The smallest absolute Gasteiger partial charge is 0.243 e. The fourth-order valence-electron chi connectivity index (χ4n) is 3.43. The predicted octanol–water partition coefficient (Wildman–Crippen LogP) is 3.83. The maximum Gasteiger partial charge on any atom is 0.243 e. The van der Waals surface area contributed by atoms with Crippen molar-refractivity contribution in [2.45, 2.75) is 25.7 Å². The highest BCUT2D eigenvalue weighted by atomic mass is 16.2. The molecule has 0 fully saturated rings. The second kappa shape index (κ2) is 13.5. The molecule has 174 valence electrons. The molecule has 1 N–H and O–H groups in total. The summed E-state index contributed by atoms with van der Waals surface area (Å²) < 4.78 is 0. The van der Waals surface area contributed by atoms with Gasteiger partial charge in [0, 0.05) is 31.6 Å². The van der Waals surface area contributed by atoms with Crippen molar-refractivity contribution in [1.82, 2.24) is 15.2 Å². The number of carbonyl (C=O) groups excluding carboxylic acids is 3. The van der Waals surface area contributed by atoms with Gasteiger partial charge in [0.25, 0.3) is 0 Å². The largest absolute Gasteiger partial charge is 0.353 e. The second-order valence-electron chi connectivity index (χ2n) is 7.88. The Morgan fingerprint density at radius 3 is 1.97 bits per heavy atom. The highest BCUT2D eigenvalue weighted by Gasteiger charge is 2.21. The highest BCUT2D eigenvalue weighted by molar-refractivity contribution is 5.97. The van der Waals surface area contributed by atoms with Crippen molar-refractivity contribution in [2.24, 2.45) is 0 Å². The molecule has 6 nitrogen and oxygen atoms in total. The number of aromatic nitrogens is 1. The summed E-state index contributed by atoms with van der Waals surface area (Å²) in [5, 5.41) is 2.83. The normalized spacial score (nSPS) is 10.7.